The van der Waals surface area contributed by atoms with Crippen molar-refractivity contribution in [2.24, 2.45) is 0 Å². The number of urea groups is 1. The largest absolute Gasteiger partial charge is 0.480 e. The Morgan fingerprint density at radius 2 is 1.64 bits per heavy atom. The van der Waals surface area contributed by atoms with Crippen LogP contribution in [-0.2, 0) is 4.79 Å². The number of ether oxygens (including phenoxy) is 1. The van der Waals surface area contributed by atoms with Gasteiger partial charge in [0.15, 0.2) is 0 Å². The molecule has 0 aliphatic heterocycles. The molecule has 2 aromatic rings. The van der Waals surface area contributed by atoms with E-state index in [0.29, 0.717) is 22.2 Å². The van der Waals surface area contributed by atoms with E-state index in [-0.39, 0.29) is 0 Å². The summed E-state index contributed by atoms with van der Waals surface area (Å²) in [5.74, 6) is 7.30. The third-order valence-electron chi connectivity index (χ3n) is 2.62. The Hall–Kier alpha value is -3.06. The van der Waals surface area contributed by atoms with Crippen LogP contribution in [0.1, 0.15) is 0 Å². The summed E-state index contributed by atoms with van der Waals surface area (Å²) in [6.45, 7) is -0.693. The minimum Gasteiger partial charge on any atom is -0.480 e. The molecule has 0 heterocycles. The first-order valence-electron chi connectivity index (χ1n) is 6.39. The number of aliphatic carboxylic acids is 1. The average molecular weight is 300 g/mol. The van der Waals surface area contributed by atoms with Crippen LogP contribution in [0, 0.1) is 0 Å². The zero-order valence-electron chi connectivity index (χ0n) is 11.5. The van der Waals surface area contributed by atoms with Crippen molar-refractivity contribution in [3.63, 3.8) is 0 Å². The number of amides is 2. The normalized spacial score (nSPS) is 9.86. The van der Waals surface area contributed by atoms with Gasteiger partial charge in [-0.05, 0) is 36.4 Å². The highest BCUT2D eigenvalue weighted by molar-refractivity contribution is 5.90. The van der Waals surface area contributed by atoms with Gasteiger partial charge in [0.2, 0.25) is 0 Å². The van der Waals surface area contributed by atoms with E-state index >= 15 is 0 Å². The second-order valence-corrected chi connectivity index (χ2v) is 4.35. The number of rotatable bonds is 5. The molecule has 7 heteroatoms. The van der Waals surface area contributed by atoms with Gasteiger partial charge in [-0.25, -0.2) is 9.80 Å². The van der Waals surface area contributed by atoms with Crippen LogP contribution in [0.4, 0.5) is 10.5 Å². The first-order valence-corrected chi connectivity index (χ1v) is 6.39. The number of nitrogens with one attached hydrogen (secondary N) is 2. The molecule has 0 saturated heterocycles. The van der Waals surface area contributed by atoms with Crippen molar-refractivity contribution in [3.8, 4) is 11.5 Å². The minimum atomic E-state index is -1.25. The van der Waals surface area contributed by atoms with Gasteiger partial charge < -0.3 is 15.2 Å². The van der Waals surface area contributed by atoms with Gasteiger partial charge in [0.1, 0.15) is 18.0 Å². The number of carbonyl (C=O) groups excluding carboxylic acids is 1. The third kappa shape index (κ3) is 4.50. The molecule has 0 atom stereocenters. The monoisotopic (exact) mass is 300 g/mol. The Balaban J connectivity index is 1.94. The number of carbonyl (C=O) groups is 2. The lowest BCUT2D eigenvalue weighted by Gasteiger charge is -2.14. The summed E-state index contributed by atoms with van der Waals surface area (Å²) in [6.07, 6.45) is 0. The molecule has 0 bridgehead atoms. The topological polar surface area (TPSA) is 103 Å². The smallest absolute Gasteiger partial charge is 0.337 e. The van der Waals surface area contributed by atoms with Gasteiger partial charge in [-0.1, -0.05) is 18.2 Å². The Bertz CT molecular complexity index is 644. The van der Waals surface area contributed by atoms with Crippen molar-refractivity contribution < 1.29 is 19.4 Å². The van der Waals surface area contributed by atoms with Gasteiger partial charge in [-0.3, -0.25) is 4.79 Å². The molecule has 7 nitrogen and oxygen atoms in total. The van der Waals surface area contributed by atoms with Crippen LogP contribution in [0.5, 0.6) is 11.5 Å². The van der Waals surface area contributed by atoms with E-state index in [2.05, 4.69) is 5.32 Å². The predicted octanol–water partition coefficient (Wildman–Crippen LogP) is 2.60. The van der Waals surface area contributed by atoms with Crippen molar-refractivity contribution in [1.82, 2.24) is 10.9 Å². The second-order valence-electron chi connectivity index (χ2n) is 4.35. The van der Waals surface area contributed by atoms with Crippen molar-refractivity contribution in [2.45, 2.75) is 0 Å². The lowest BCUT2D eigenvalue weighted by Crippen LogP contribution is -2.37. The maximum Gasteiger partial charge on any atom is 0.337 e. The van der Waals surface area contributed by atoms with Crippen LogP contribution < -0.4 is 15.9 Å². The lowest BCUT2D eigenvalue weighted by atomic mass is 10.3. The number of carboxylic acid groups (broad SMARTS) is 1. The molecule has 2 rings (SSSR count). The molecular formula is C15H14N3O4. The average Bonchev–Trinajstić information content (AvgIpc) is 2.49. The molecule has 3 N–H and O–H groups in total. The molecular weight excluding hydrogens is 286 g/mol. The highest BCUT2D eigenvalue weighted by atomic mass is 16.5. The third-order valence-corrected chi connectivity index (χ3v) is 2.62. The molecule has 113 valence electrons. The molecule has 2 aromatic carbocycles. The number of hydrogen-bond donors (Lipinski definition) is 2. The fourth-order valence-corrected chi connectivity index (χ4v) is 1.63. The van der Waals surface area contributed by atoms with E-state index in [4.69, 9.17) is 15.7 Å². The molecule has 1 radical (unpaired) electrons. The van der Waals surface area contributed by atoms with E-state index in [0.717, 1.165) is 0 Å². The summed E-state index contributed by atoms with van der Waals surface area (Å²) in [4.78, 5) is 22.0. The van der Waals surface area contributed by atoms with Crippen LogP contribution >= 0.6 is 0 Å². The van der Waals surface area contributed by atoms with E-state index in [1.807, 2.05) is 30.3 Å². The van der Waals surface area contributed by atoms with Crippen LogP contribution in [0.3, 0.4) is 0 Å². The summed E-state index contributed by atoms with van der Waals surface area (Å²) < 4.78 is 5.60. The predicted molar refractivity (Wildman–Crippen MR) is 79.4 cm³/mol. The van der Waals surface area contributed by atoms with Gasteiger partial charge >= 0.3 is 12.0 Å². The zero-order valence-corrected chi connectivity index (χ0v) is 11.5. The summed E-state index contributed by atoms with van der Waals surface area (Å²) in [6, 6.07) is 14.9. The van der Waals surface area contributed by atoms with Crippen LogP contribution in [0.25, 0.3) is 0 Å². The molecule has 0 aliphatic rings. The van der Waals surface area contributed by atoms with Gasteiger partial charge in [-0.15, -0.1) is 5.84 Å². The van der Waals surface area contributed by atoms with E-state index in [9.17, 15) is 9.59 Å². The van der Waals surface area contributed by atoms with Crippen molar-refractivity contribution in [3.05, 3.63) is 54.6 Å². The summed E-state index contributed by atoms with van der Waals surface area (Å²) in [5.41, 5.74) is 0.438. The molecule has 0 fully saturated rings. The number of carboxylic acids is 1. The molecule has 0 saturated carbocycles. The number of benzene rings is 2. The molecule has 0 unspecified atom stereocenters. The molecule has 0 aliphatic carbocycles. The molecule has 0 spiro atoms. The van der Waals surface area contributed by atoms with Crippen molar-refractivity contribution in [1.29, 1.82) is 0 Å². The van der Waals surface area contributed by atoms with Crippen LogP contribution in [0.15, 0.2) is 54.6 Å². The van der Waals surface area contributed by atoms with Gasteiger partial charge in [0.05, 0.1) is 0 Å². The molecule has 0 aromatic heterocycles. The summed E-state index contributed by atoms with van der Waals surface area (Å²) >= 11 is 0. The standard InChI is InChI=1S/C15H14N3O4/c16-18(10-14(19)20)15(21)17-11-6-8-13(9-7-11)22-12-4-2-1-3-5-12/h1-9,16H,10H2,(H,17,21)(H,19,20). The Morgan fingerprint density at radius 3 is 2.23 bits per heavy atom. The van der Waals surface area contributed by atoms with E-state index < -0.39 is 18.5 Å². The first kappa shape index (κ1) is 15.3. The van der Waals surface area contributed by atoms with Crippen molar-refractivity contribution in [2.75, 3.05) is 11.9 Å². The fraction of sp³-hybridized carbons (Fsp3) is 0.0667. The van der Waals surface area contributed by atoms with Gasteiger partial charge in [0, 0.05) is 5.69 Å². The van der Waals surface area contributed by atoms with E-state index in [1.165, 1.54) is 0 Å². The second kappa shape index (κ2) is 7.09. The highest BCUT2D eigenvalue weighted by Crippen LogP contribution is 2.22. The number of nitrogens with zero attached hydrogens (tertiary/aromatic N) is 1. The Kier molecular flexibility index (Phi) is 4.94. The zero-order chi connectivity index (χ0) is 15.9. The maximum absolute atomic E-state index is 11.6. The summed E-state index contributed by atoms with van der Waals surface area (Å²) in [5, 5.41) is 11.3. The minimum absolute atomic E-state index is 0.330. The quantitative estimate of drug-likeness (QED) is 0.828. The number of para-hydroxylation sites is 1. The number of hydrogen-bond acceptors (Lipinski definition) is 3. The number of anilines is 1. The lowest BCUT2D eigenvalue weighted by molar-refractivity contribution is -0.137. The van der Waals surface area contributed by atoms with Gasteiger partial charge in [0.25, 0.3) is 0 Å². The fourth-order valence-electron chi connectivity index (χ4n) is 1.63. The first-order chi connectivity index (χ1) is 10.5. The Labute approximate surface area is 126 Å². The highest BCUT2D eigenvalue weighted by Gasteiger charge is 2.13. The molecule has 22 heavy (non-hydrogen) atoms. The van der Waals surface area contributed by atoms with Crippen molar-refractivity contribution >= 4 is 17.7 Å². The van der Waals surface area contributed by atoms with Gasteiger partial charge in [-0.2, -0.15) is 0 Å². The van der Waals surface area contributed by atoms with Crippen LogP contribution in [0.2, 0.25) is 0 Å². The Morgan fingerprint density at radius 1 is 1.05 bits per heavy atom. The summed E-state index contributed by atoms with van der Waals surface area (Å²) in [7, 11) is 0. The van der Waals surface area contributed by atoms with Crippen LogP contribution in [-0.4, -0.2) is 28.7 Å². The van der Waals surface area contributed by atoms with E-state index in [1.54, 1.807) is 24.3 Å². The molecule has 2 amide bonds. The SMILES string of the molecule is [NH]N(CC(=O)O)C(=O)Nc1ccc(Oc2ccccc2)cc1. The maximum atomic E-state index is 11.6.